The monoisotopic (exact) mass is 467 g/mol. The molecule has 5 nitrogen and oxygen atoms in total. The highest BCUT2D eigenvalue weighted by atomic mass is 79.9. The number of nitrogens with zero attached hydrogens (tertiary/aromatic N) is 2. The third kappa shape index (κ3) is 3.75. The molecule has 2 amide bonds. The molecule has 0 bridgehead atoms. The van der Waals surface area contributed by atoms with Gasteiger partial charge < -0.3 is 4.57 Å². The number of rotatable bonds is 4. The molecule has 0 aliphatic carbocycles. The van der Waals surface area contributed by atoms with Crippen LogP contribution >= 0.6 is 28.1 Å². The summed E-state index contributed by atoms with van der Waals surface area (Å²) in [5, 5.41) is 3.71. The maximum absolute atomic E-state index is 12.8. The Morgan fingerprint density at radius 2 is 1.90 bits per heavy atom. The largest absolute Gasteiger partial charge is 0.342 e. The lowest BCUT2D eigenvalue weighted by Gasteiger charge is -2.27. The molecule has 2 heterocycles. The minimum atomic E-state index is -0.469. The van der Waals surface area contributed by atoms with Crippen molar-refractivity contribution >= 4 is 62.1 Å². The van der Waals surface area contributed by atoms with E-state index < -0.39 is 5.91 Å². The first kappa shape index (κ1) is 19.5. The molecule has 0 saturated carbocycles. The van der Waals surface area contributed by atoms with Crippen LogP contribution in [0.5, 0.6) is 0 Å². The number of halogens is 1. The Bertz CT molecular complexity index is 1170. The van der Waals surface area contributed by atoms with Gasteiger partial charge in [-0.15, -0.1) is 0 Å². The van der Waals surface area contributed by atoms with Crippen LogP contribution in [0.25, 0.3) is 17.0 Å². The van der Waals surface area contributed by atoms with Gasteiger partial charge in [0.2, 0.25) is 0 Å². The van der Waals surface area contributed by atoms with Crippen LogP contribution < -0.4 is 5.32 Å². The Morgan fingerprint density at radius 3 is 2.62 bits per heavy atom. The van der Waals surface area contributed by atoms with Crippen LogP contribution in [0.4, 0.5) is 0 Å². The van der Waals surface area contributed by atoms with Crippen molar-refractivity contribution in [2.75, 3.05) is 6.54 Å². The number of thiocarbonyl (C=S) groups is 1. The first-order valence-corrected chi connectivity index (χ1v) is 10.4. The van der Waals surface area contributed by atoms with Gasteiger partial charge in [0.05, 0.1) is 0 Å². The lowest BCUT2D eigenvalue weighted by Crippen LogP contribution is -2.53. The van der Waals surface area contributed by atoms with Gasteiger partial charge in [-0.25, -0.2) is 0 Å². The summed E-state index contributed by atoms with van der Waals surface area (Å²) < 4.78 is 3.05. The van der Waals surface area contributed by atoms with Gasteiger partial charge in [-0.2, -0.15) is 0 Å². The predicted octanol–water partition coefficient (Wildman–Crippen LogP) is 4.10. The molecule has 1 saturated heterocycles. The number of aromatic nitrogens is 1. The number of nitrogens with one attached hydrogen (secondary N) is 1. The van der Waals surface area contributed by atoms with Gasteiger partial charge in [-0.3, -0.25) is 19.8 Å². The summed E-state index contributed by atoms with van der Waals surface area (Å²) in [4.78, 5) is 26.6. The fourth-order valence-corrected chi connectivity index (χ4v) is 4.13. The second kappa shape index (κ2) is 7.93. The minimum Gasteiger partial charge on any atom is -0.342 e. The van der Waals surface area contributed by atoms with Crippen molar-refractivity contribution < 1.29 is 9.59 Å². The molecular formula is C22H18BrN3O2S. The molecule has 0 unspecified atom stereocenters. The molecule has 0 spiro atoms. The highest BCUT2D eigenvalue weighted by Gasteiger charge is 2.32. The predicted molar refractivity (Wildman–Crippen MR) is 121 cm³/mol. The fourth-order valence-electron chi connectivity index (χ4n) is 3.46. The van der Waals surface area contributed by atoms with Crippen LogP contribution in [-0.4, -0.2) is 32.9 Å². The van der Waals surface area contributed by atoms with Gasteiger partial charge >= 0.3 is 0 Å². The van der Waals surface area contributed by atoms with Gasteiger partial charge in [-0.05, 0) is 49.0 Å². The zero-order valence-corrected chi connectivity index (χ0v) is 18.1. The molecule has 1 aromatic heterocycles. The number of likely N-dealkylation sites (N-methyl/N-ethyl adjacent to an activating group) is 1. The molecule has 1 aliphatic rings. The maximum Gasteiger partial charge on any atom is 0.265 e. The second-order valence-corrected chi connectivity index (χ2v) is 8.03. The van der Waals surface area contributed by atoms with E-state index >= 15 is 0 Å². The van der Waals surface area contributed by atoms with E-state index in [0.29, 0.717) is 13.1 Å². The van der Waals surface area contributed by atoms with Crippen LogP contribution in [0, 0.1) is 0 Å². The number of hydrogen-bond donors (Lipinski definition) is 1. The average molecular weight is 468 g/mol. The molecule has 29 heavy (non-hydrogen) atoms. The van der Waals surface area contributed by atoms with Crippen molar-refractivity contribution in [2.24, 2.45) is 0 Å². The van der Waals surface area contributed by atoms with E-state index in [1.165, 1.54) is 10.5 Å². The zero-order chi connectivity index (χ0) is 20.5. The Morgan fingerprint density at radius 1 is 1.14 bits per heavy atom. The van der Waals surface area contributed by atoms with Crippen LogP contribution in [0.3, 0.4) is 0 Å². The molecule has 0 atom stereocenters. The molecule has 3 aromatic rings. The molecule has 1 fully saturated rings. The maximum atomic E-state index is 12.8. The quantitative estimate of drug-likeness (QED) is 0.357. The van der Waals surface area contributed by atoms with Gasteiger partial charge in [0, 0.05) is 40.2 Å². The van der Waals surface area contributed by atoms with Crippen molar-refractivity contribution in [3.63, 3.8) is 0 Å². The van der Waals surface area contributed by atoms with Crippen LogP contribution in [0.2, 0.25) is 0 Å². The minimum absolute atomic E-state index is 0.0826. The first-order chi connectivity index (χ1) is 14.0. The number of carbonyl (C=O) groups excluding carboxylic acids is 2. The summed E-state index contributed by atoms with van der Waals surface area (Å²) in [7, 11) is 0. The molecular weight excluding hydrogens is 450 g/mol. The third-order valence-electron chi connectivity index (χ3n) is 4.87. The summed E-state index contributed by atoms with van der Waals surface area (Å²) in [6.07, 6.45) is 3.62. The fraction of sp³-hybridized carbons (Fsp3) is 0.136. The van der Waals surface area contributed by atoms with Gasteiger partial charge in [0.1, 0.15) is 5.57 Å². The number of fused-ring (bicyclic) bond motifs is 1. The Labute approximate surface area is 182 Å². The lowest BCUT2D eigenvalue weighted by atomic mass is 10.1. The van der Waals surface area contributed by atoms with E-state index in [0.717, 1.165) is 20.9 Å². The molecule has 4 rings (SSSR count). The highest BCUT2D eigenvalue weighted by Crippen LogP contribution is 2.28. The Balaban J connectivity index is 1.82. The molecule has 0 radical (unpaired) electrons. The standard InChI is InChI=1S/C22H18BrN3O2S/c1-2-26-21(28)18(20(27)24-22(26)29)10-15-13-25(12-14-6-4-3-5-7-14)19-9-8-16(23)11-17(15)19/h3-11,13H,2,12H2,1H3,(H,24,27,29)/b18-10+. The molecule has 1 aliphatic heterocycles. The number of benzene rings is 2. The number of amides is 2. The van der Waals surface area contributed by atoms with Crippen molar-refractivity contribution in [1.29, 1.82) is 0 Å². The summed E-state index contributed by atoms with van der Waals surface area (Å²) in [6.45, 7) is 2.91. The zero-order valence-electron chi connectivity index (χ0n) is 15.7. The molecule has 7 heteroatoms. The summed E-state index contributed by atoms with van der Waals surface area (Å²) >= 11 is 8.62. The number of carbonyl (C=O) groups is 2. The highest BCUT2D eigenvalue weighted by molar-refractivity contribution is 9.10. The van der Waals surface area contributed by atoms with Gasteiger partial charge in [0.15, 0.2) is 5.11 Å². The molecule has 1 N–H and O–H groups in total. The summed E-state index contributed by atoms with van der Waals surface area (Å²) in [5.74, 6) is -0.844. The Kier molecular flexibility index (Phi) is 5.34. The van der Waals surface area contributed by atoms with Crippen LogP contribution in [-0.2, 0) is 16.1 Å². The van der Waals surface area contributed by atoms with E-state index in [2.05, 4.69) is 37.9 Å². The lowest BCUT2D eigenvalue weighted by molar-refractivity contribution is -0.128. The third-order valence-corrected chi connectivity index (χ3v) is 5.69. The van der Waals surface area contributed by atoms with Crippen LogP contribution in [0.1, 0.15) is 18.1 Å². The second-order valence-electron chi connectivity index (χ2n) is 6.73. The van der Waals surface area contributed by atoms with Crippen LogP contribution in [0.15, 0.2) is 64.8 Å². The SMILES string of the molecule is CCN1C(=O)/C(=C/c2cn(Cc3ccccc3)c3ccc(Br)cc23)C(=O)NC1=S. The van der Waals surface area contributed by atoms with Crippen molar-refractivity contribution in [3.8, 4) is 0 Å². The smallest absolute Gasteiger partial charge is 0.265 e. The van der Waals surface area contributed by atoms with E-state index in [1.54, 1.807) is 6.08 Å². The van der Waals surface area contributed by atoms with E-state index in [4.69, 9.17) is 12.2 Å². The van der Waals surface area contributed by atoms with Crippen molar-refractivity contribution in [3.05, 3.63) is 75.9 Å². The summed E-state index contributed by atoms with van der Waals surface area (Å²) in [6, 6.07) is 16.2. The summed E-state index contributed by atoms with van der Waals surface area (Å²) in [5.41, 5.74) is 3.08. The Hall–Kier alpha value is -2.77. The normalized spacial score (nSPS) is 16.0. The number of hydrogen-bond acceptors (Lipinski definition) is 3. The topological polar surface area (TPSA) is 54.3 Å². The van der Waals surface area contributed by atoms with Crippen molar-refractivity contribution in [1.82, 2.24) is 14.8 Å². The van der Waals surface area contributed by atoms with E-state index in [9.17, 15) is 9.59 Å². The average Bonchev–Trinajstić information content (AvgIpc) is 3.02. The van der Waals surface area contributed by atoms with Gasteiger partial charge in [0.25, 0.3) is 11.8 Å². The molecule has 146 valence electrons. The van der Waals surface area contributed by atoms with Gasteiger partial charge in [-0.1, -0.05) is 46.3 Å². The van der Waals surface area contributed by atoms with E-state index in [1.807, 2.05) is 49.5 Å². The van der Waals surface area contributed by atoms with E-state index in [-0.39, 0.29) is 16.6 Å². The molecule has 2 aromatic carbocycles. The van der Waals surface area contributed by atoms with Crippen molar-refractivity contribution in [2.45, 2.75) is 13.5 Å². The first-order valence-electron chi connectivity index (χ1n) is 9.19.